The van der Waals surface area contributed by atoms with E-state index in [1.807, 2.05) is 30.3 Å². The van der Waals surface area contributed by atoms with Crippen molar-refractivity contribution < 1.29 is 5.21 Å². The average Bonchev–Trinajstić information content (AvgIpc) is 2.93. The summed E-state index contributed by atoms with van der Waals surface area (Å²) in [4.78, 5) is 5.67. The molecule has 108 valence electrons. The quantitative estimate of drug-likeness (QED) is 0.393. The molecule has 0 saturated heterocycles. The molecule has 0 saturated carbocycles. The van der Waals surface area contributed by atoms with Crippen LogP contribution in [0.2, 0.25) is 5.02 Å². The van der Waals surface area contributed by atoms with E-state index >= 15 is 0 Å². The number of pyridine rings is 1. The summed E-state index contributed by atoms with van der Waals surface area (Å²) >= 11 is 7.48. The summed E-state index contributed by atoms with van der Waals surface area (Å²) in [6.07, 6.45) is 3.08. The van der Waals surface area contributed by atoms with Crippen LogP contribution in [-0.2, 0) is 12.8 Å². The van der Waals surface area contributed by atoms with E-state index in [0.29, 0.717) is 10.6 Å². The second-order valence-electron chi connectivity index (χ2n) is 4.85. The molecule has 0 fully saturated rings. The van der Waals surface area contributed by atoms with Gasteiger partial charge in [0.2, 0.25) is 0 Å². The molecule has 1 heterocycles. The smallest absolute Gasteiger partial charge is 0.172 e. The Bertz CT molecular complexity index is 718. The van der Waals surface area contributed by atoms with E-state index in [0.717, 1.165) is 34.9 Å². The maximum Gasteiger partial charge on any atom is 0.172 e. The maximum absolute atomic E-state index is 8.98. The number of hydrogen-bond donors (Lipinski definition) is 2. The third-order valence-electron chi connectivity index (χ3n) is 3.41. The Balaban J connectivity index is 2.04. The van der Waals surface area contributed by atoms with E-state index < -0.39 is 0 Å². The zero-order chi connectivity index (χ0) is 14.8. The molecule has 0 unspecified atom stereocenters. The number of rotatable bonds is 3. The number of nitrogens with zero attached hydrogens (tertiary/aromatic N) is 2. The van der Waals surface area contributed by atoms with Gasteiger partial charge in [0.15, 0.2) is 5.84 Å². The molecule has 6 heteroatoms. The second kappa shape index (κ2) is 5.95. The van der Waals surface area contributed by atoms with Crippen LogP contribution in [0.1, 0.15) is 23.2 Å². The molecule has 0 aliphatic heterocycles. The number of oxime groups is 1. The molecule has 1 aromatic carbocycles. The predicted molar refractivity (Wildman–Crippen MR) is 84.3 cm³/mol. The highest BCUT2D eigenvalue weighted by molar-refractivity contribution is 7.99. The molecule has 0 amide bonds. The maximum atomic E-state index is 8.98. The number of aryl methyl sites for hydroxylation is 2. The van der Waals surface area contributed by atoms with E-state index in [-0.39, 0.29) is 5.84 Å². The zero-order valence-corrected chi connectivity index (χ0v) is 12.8. The van der Waals surface area contributed by atoms with Crippen LogP contribution >= 0.6 is 23.4 Å². The summed E-state index contributed by atoms with van der Waals surface area (Å²) in [7, 11) is 0. The molecular formula is C15H14ClN3OS. The highest BCUT2D eigenvalue weighted by Gasteiger charge is 2.19. The Labute approximate surface area is 132 Å². The monoisotopic (exact) mass is 319 g/mol. The van der Waals surface area contributed by atoms with Gasteiger partial charge in [-0.25, -0.2) is 4.98 Å². The van der Waals surface area contributed by atoms with Crippen molar-refractivity contribution >= 4 is 29.2 Å². The highest BCUT2D eigenvalue weighted by atomic mass is 35.5. The molecule has 3 rings (SSSR count). The van der Waals surface area contributed by atoms with Crippen molar-refractivity contribution in [1.82, 2.24) is 4.98 Å². The van der Waals surface area contributed by atoms with Crippen LogP contribution in [0.25, 0.3) is 0 Å². The van der Waals surface area contributed by atoms with Crippen molar-refractivity contribution in [2.24, 2.45) is 10.9 Å². The summed E-state index contributed by atoms with van der Waals surface area (Å²) in [5.41, 5.74) is 8.76. The van der Waals surface area contributed by atoms with Gasteiger partial charge in [-0.2, -0.15) is 0 Å². The number of halogens is 1. The van der Waals surface area contributed by atoms with Crippen LogP contribution in [-0.4, -0.2) is 16.0 Å². The third kappa shape index (κ3) is 2.99. The van der Waals surface area contributed by atoms with Crippen molar-refractivity contribution in [3.8, 4) is 0 Å². The summed E-state index contributed by atoms with van der Waals surface area (Å²) in [6, 6.07) is 9.53. The molecule has 1 aromatic heterocycles. The molecule has 3 N–H and O–H groups in total. The second-order valence-corrected chi connectivity index (χ2v) is 6.34. The van der Waals surface area contributed by atoms with Gasteiger partial charge in [-0.05, 0) is 49.1 Å². The topological polar surface area (TPSA) is 71.5 Å². The molecule has 1 aliphatic rings. The molecular weight excluding hydrogens is 306 g/mol. The molecule has 21 heavy (non-hydrogen) atoms. The van der Waals surface area contributed by atoms with Gasteiger partial charge in [-0.15, -0.1) is 0 Å². The van der Waals surface area contributed by atoms with Crippen LogP contribution in [0.5, 0.6) is 0 Å². The van der Waals surface area contributed by atoms with Crippen molar-refractivity contribution in [1.29, 1.82) is 0 Å². The van der Waals surface area contributed by atoms with Gasteiger partial charge in [0.25, 0.3) is 0 Å². The van der Waals surface area contributed by atoms with Gasteiger partial charge in [0.1, 0.15) is 5.03 Å². The molecule has 2 aromatic rings. The molecule has 0 bridgehead atoms. The number of hydrogen-bond acceptors (Lipinski definition) is 4. The van der Waals surface area contributed by atoms with Crippen molar-refractivity contribution in [3.05, 3.63) is 52.2 Å². The van der Waals surface area contributed by atoms with Crippen LogP contribution in [0.15, 0.2) is 45.4 Å². The molecule has 0 atom stereocenters. The standard InChI is InChI=1S/C15H14ClN3OS/c16-10-4-2-5-11(8-10)21-15-12(14(17)19-20)7-9-3-1-6-13(9)18-15/h2,4-5,7-8,20H,1,3,6H2,(H2,17,19). The van der Waals surface area contributed by atoms with E-state index in [2.05, 4.69) is 5.16 Å². The minimum atomic E-state index is 0.0849. The number of nitrogens with two attached hydrogens (primary N) is 1. The largest absolute Gasteiger partial charge is 0.409 e. The lowest BCUT2D eigenvalue weighted by Crippen LogP contribution is -2.16. The van der Waals surface area contributed by atoms with Gasteiger partial charge >= 0.3 is 0 Å². The summed E-state index contributed by atoms with van der Waals surface area (Å²) < 4.78 is 0. The fourth-order valence-corrected chi connectivity index (χ4v) is 3.65. The van der Waals surface area contributed by atoms with Gasteiger partial charge in [0.05, 0.1) is 5.56 Å². The summed E-state index contributed by atoms with van der Waals surface area (Å²) in [5, 5.41) is 13.5. The zero-order valence-electron chi connectivity index (χ0n) is 11.2. The third-order valence-corrected chi connectivity index (χ3v) is 4.64. The average molecular weight is 320 g/mol. The summed E-state index contributed by atoms with van der Waals surface area (Å²) in [5.74, 6) is 0.0849. The summed E-state index contributed by atoms with van der Waals surface area (Å²) in [6.45, 7) is 0. The minimum Gasteiger partial charge on any atom is -0.409 e. The molecule has 1 aliphatic carbocycles. The fourth-order valence-electron chi connectivity index (χ4n) is 2.41. The van der Waals surface area contributed by atoms with Crippen molar-refractivity contribution in [3.63, 3.8) is 0 Å². The first-order chi connectivity index (χ1) is 10.2. The SMILES string of the molecule is NC(=NO)c1cc2c(nc1Sc1cccc(Cl)c1)CCC2. The minimum absolute atomic E-state index is 0.0849. The van der Waals surface area contributed by atoms with Gasteiger partial charge in [-0.1, -0.05) is 34.6 Å². The van der Waals surface area contributed by atoms with E-state index in [1.165, 1.54) is 17.3 Å². The van der Waals surface area contributed by atoms with E-state index in [1.54, 1.807) is 0 Å². The lowest BCUT2D eigenvalue weighted by atomic mass is 10.1. The Kier molecular flexibility index (Phi) is 4.03. The predicted octanol–water partition coefficient (Wildman–Crippen LogP) is 3.47. The molecule has 0 spiro atoms. The number of amidine groups is 1. The fraction of sp³-hybridized carbons (Fsp3) is 0.200. The van der Waals surface area contributed by atoms with Gasteiger partial charge in [-0.3, -0.25) is 0 Å². The van der Waals surface area contributed by atoms with Gasteiger partial charge in [0, 0.05) is 15.6 Å². The Morgan fingerprint density at radius 2 is 2.19 bits per heavy atom. The number of fused-ring (bicyclic) bond motifs is 1. The Morgan fingerprint density at radius 1 is 1.33 bits per heavy atom. The Morgan fingerprint density at radius 3 is 2.95 bits per heavy atom. The lowest BCUT2D eigenvalue weighted by molar-refractivity contribution is 0.318. The highest BCUT2D eigenvalue weighted by Crippen LogP contribution is 2.33. The van der Waals surface area contributed by atoms with E-state index in [9.17, 15) is 0 Å². The number of benzene rings is 1. The van der Waals surface area contributed by atoms with Crippen LogP contribution < -0.4 is 5.73 Å². The van der Waals surface area contributed by atoms with Crippen LogP contribution in [0.3, 0.4) is 0 Å². The number of aromatic nitrogens is 1. The van der Waals surface area contributed by atoms with Crippen LogP contribution in [0, 0.1) is 0 Å². The Hall–Kier alpha value is -1.72. The normalized spacial score (nSPS) is 14.2. The van der Waals surface area contributed by atoms with Crippen molar-refractivity contribution in [2.45, 2.75) is 29.2 Å². The van der Waals surface area contributed by atoms with Gasteiger partial charge < -0.3 is 10.9 Å². The molecule has 0 radical (unpaired) electrons. The van der Waals surface area contributed by atoms with Crippen LogP contribution in [0.4, 0.5) is 0 Å². The lowest BCUT2D eigenvalue weighted by Gasteiger charge is -2.10. The first-order valence-electron chi connectivity index (χ1n) is 6.61. The van der Waals surface area contributed by atoms with E-state index in [4.69, 9.17) is 27.5 Å². The molecule has 4 nitrogen and oxygen atoms in total. The first kappa shape index (κ1) is 14.2. The first-order valence-corrected chi connectivity index (χ1v) is 7.81. The van der Waals surface area contributed by atoms with Crippen molar-refractivity contribution in [2.75, 3.05) is 0 Å².